The molecule has 1 N–H and O–H groups in total. The highest BCUT2D eigenvalue weighted by atomic mass is 19.2. The third kappa shape index (κ3) is 1.28. The van der Waals surface area contributed by atoms with E-state index in [9.17, 15) is 8.78 Å². The van der Waals surface area contributed by atoms with E-state index in [2.05, 4.69) is 0 Å². The maximum absolute atomic E-state index is 12.0. The van der Waals surface area contributed by atoms with E-state index in [-0.39, 0.29) is 0 Å². The number of carboxylic acid groups (broad SMARTS) is 1. The van der Waals surface area contributed by atoms with Crippen molar-refractivity contribution in [2.45, 2.75) is 6.92 Å². The first-order valence-electron chi connectivity index (χ1n) is 3.22. The first-order chi connectivity index (χ1) is 5.54. The van der Waals surface area contributed by atoms with Crippen molar-refractivity contribution in [2.75, 3.05) is 0 Å². The van der Waals surface area contributed by atoms with Gasteiger partial charge in [0.1, 0.15) is 0 Å². The molecule has 2 nitrogen and oxygen atoms in total. The summed E-state index contributed by atoms with van der Waals surface area (Å²) >= 11 is 0. The minimum absolute atomic E-state index is 0.447. The number of aliphatic carboxylic acids is 1. The number of benzene rings is 1. The van der Waals surface area contributed by atoms with Gasteiger partial charge in [0.2, 0.25) is 0 Å². The molecule has 2 rings (SSSR count). The lowest BCUT2D eigenvalue weighted by Crippen LogP contribution is -2.03. The van der Waals surface area contributed by atoms with E-state index in [1.807, 2.05) is 0 Å². The molecule has 0 saturated carbocycles. The highest BCUT2D eigenvalue weighted by Gasteiger charge is 2.25. The van der Waals surface area contributed by atoms with Gasteiger partial charge in [-0.25, -0.2) is 8.78 Å². The van der Waals surface area contributed by atoms with Crippen molar-refractivity contribution in [3.05, 3.63) is 23.8 Å². The third-order valence-electron chi connectivity index (χ3n) is 1.37. The predicted octanol–water partition coefficient (Wildman–Crippen LogP) is 2.04. The first-order valence-corrected chi connectivity index (χ1v) is 3.22. The van der Waals surface area contributed by atoms with Crippen molar-refractivity contribution in [1.29, 1.82) is 0 Å². The molecule has 0 unspecified atom stereocenters. The van der Waals surface area contributed by atoms with Crippen molar-refractivity contribution in [3.63, 3.8) is 0 Å². The van der Waals surface area contributed by atoms with Gasteiger partial charge in [0, 0.05) is 18.1 Å². The molecule has 0 radical (unpaired) electrons. The molecule has 0 spiro atoms. The third-order valence-corrected chi connectivity index (χ3v) is 1.37. The lowest BCUT2D eigenvalue weighted by molar-refractivity contribution is -0.134. The van der Waals surface area contributed by atoms with Crippen molar-refractivity contribution in [2.24, 2.45) is 0 Å². The lowest BCUT2D eigenvalue weighted by Gasteiger charge is -2.16. The van der Waals surface area contributed by atoms with Gasteiger partial charge in [0.05, 0.1) is 0 Å². The number of fused-ring (bicyclic) bond motifs is 1. The summed E-state index contributed by atoms with van der Waals surface area (Å²) < 4.78 is 24.0. The predicted molar refractivity (Wildman–Crippen MR) is 38.7 cm³/mol. The van der Waals surface area contributed by atoms with Crippen LogP contribution in [0.2, 0.25) is 0 Å². The molecule has 12 heavy (non-hydrogen) atoms. The normalized spacial score (nSPS) is 9.92. The zero-order valence-corrected chi connectivity index (χ0v) is 6.27. The summed E-state index contributed by atoms with van der Waals surface area (Å²) in [6.45, 7) is 1.08. The molecule has 0 fully saturated rings. The van der Waals surface area contributed by atoms with Crippen LogP contribution in [0.1, 0.15) is 6.92 Å². The minimum atomic E-state index is -0.833. The van der Waals surface area contributed by atoms with Gasteiger partial charge in [-0.1, -0.05) is 12.1 Å². The molecule has 4 heteroatoms. The van der Waals surface area contributed by atoms with Gasteiger partial charge in [-0.15, -0.1) is 0 Å². The van der Waals surface area contributed by atoms with E-state index < -0.39 is 17.6 Å². The Bertz CT molecular complexity index is 303. The van der Waals surface area contributed by atoms with Crippen molar-refractivity contribution in [1.82, 2.24) is 0 Å². The Hall–Kier alpha value is -1.45. The summed E-state index contributed by atoms with van der Waals surface area (Å²) in [7, 11) is 0. The van der Waals surface area contributed by atoms with E-state index in [1.165, 1.54) is 0 Å². The standard InChI is InChI=1S/C6H2F2.C2H4O2/c7-5-3-1-2-4(3)6(5)8;1-2(3)4/h1-2H;1H3,(H,3,4). The second-order valence-electron chi connectivity index (χ2n) is 2.31. The Morgan fingerprint density at radius 2 is 1.50 bits per heavy atom. The van der Waals surface area contributed by atoms with E-state index in [1.54, 1.807) is 12.1 Å². The molecule has 0 aromatic rings. The Labute approximate surface area is 67.4 Å². The van der Waals surface area contributed by atoms with Crippen LogP contribution in [0.25, 0.3) is 11.1 Å². The maximum atomic E-state index is 12.0. The van der Waals surface area contributed by atoms with Gasteiger partial charge in [0.25, 0.3) is 5.97 Å². The molecular weight excluding hydrogens is 166 g/mol. The molecule has 0 amide bonds. The van der Waals surface area contributed by atoms with Crippen LogP contribution in [0, 0.1) is 11.6 Å². The number of hydrogen-bond acceptors (Lipinski definition) is 1. The van der Waals surface area contributed by atoms with E-state index in [4.69, 9.17) is 9.90 Å². The van der Waals surface area contributed by atoms with Gasteiger partial charge in [-0.05, 0) is 0 Å². The molecule has 64 valence electrons. The van der Waals surface area contributed by atoms with Crippen LogP contribution in [0.15, 0.2) is 12.1 Å². The molecule has 2 aliphatic carbocycles. The minimum Gasteiger partial charge on any atom is -0.481 e. The van der Waals surface area contributed by atoms with Gasteiger partial charge in [-0.3, -0.25) is 4.79 Å². The molecule has 0 aromatic heterocycles. The Morgan fingerprint density at radius 1 is 1.25 bits per heavy atom. The summed E-state index contributed by atoms with van der Waals surface area (Å²) in [5, 5.41) is 7.42. The molecule has 0 bridgehead atoms. The molecule has 0 aromatic carbocycles. The zero-order chi connectivity index (χ0) is 9.30. The van der Waals surface area contributed by atoms with Gasteiger partial charge in [0.15, 0.2) is 11.6 Å². The fourth-order valence-corrected chi connectivity index (χ4v) is 0.807. The quantitative estimate of drug-likeness (QED) is 0.660. The highest BCUT2D eigenvalue weighted by molar-refractivity contribution is 5.77. The number of carbonyl (C=O) groups is 1. The SMILES string of the molecule is CC(=O)O.Fc1c2ccc-2c1F. The topological polar surface area (TPSA) is 37.3 Å². The Balaban J connectivity index is 0.000000157. The van der Waals surface area contributed by atoms with Crippen LogP contribution in [0.4, 0.5) is 8.78 Å². The van der Waals surface area contributed by atoms with E-state index in [0.717, 1.165) is 6.92 Å². The number of halogens is 2. The Kier molecular flexibility index (Phi) is 2.08. The second-order valence-corrected chi connectivity index (χ2v) is 2.31. The lowest BCUT2D eigenvalue weighted by atomic mass is 9.92. The van der Waals surface area contributed by atoms with Gasteiger partial charge < -0.3 is 5.11 Å². The summed E-state index contributed by atoms with van der Waals surface area (Å²) in [5.74, 6) is -2.19. The summed E-state index contributed by atoms with van der Waals surface area (Å²) in [6.07, 6.45) is 0. The van der Waals surface area contributed by atoms with Crippen molar-refractivity contribution in [3.8, 4) is 11.1 Å². The average molecular weight is 172 g/mol. The number of carboxylic acids is 1. The second kappa shape index (κ2) is 2.89. The van der Waals surface area contributed by atoms with Crippen LogP contribution < -0.4 is 0 Å². The maximum Gasteiger partial charge on any atom is 0.300 e. The number of rotatable bonds is 0. The highest BCUT2D eigenvalue weighted by Crippen LogP contribution is 2.38. The summed E-state index contributed by atoms with van der Waals surface area (Å²) in [4.78, 5) is 9.00. The molecular formula is C8H6F2O2. The fourth-order valence-electron chi connectivity index (χ4n) is 0.807. The van der Waals surface area contributed by atoms with Crippen LogP contribution in [0.3, 0.4) is 0 Å². The summed E-state index contributed by atoms with van der Waals surface area (Å²) in [5.41, 5.74) is 0.894. The van der Waals surface area contributed by atoms with E-state index >= 15 is 0 Å². The fraction of sp³-hybridized carbons (Fsp3) is 0.125. The number of hydrogen-bond donors (Lipinski definition) is 1. The zero-order valence-electron chi connectivity index (χ0n) is 6.27. The first kappa shape index (κ1) is 8.64. The van der Waals surface area contributed by atoms with Crippen molar-refractivity contribution < 1.29 is 18.7 Å². The van der Waals surface area contributed by atoms with Crippen LogP contribution in [-0.4, -0.2) is 11.1 Å². The smallest absolute Gasteiger partial charge is 0.300 e. The van der Waals surface area contributed by atoms with Crippen molar-refractivity contribution >= 4 is 5.97 Å². The van der Waals surface area contributed by atoms with E-state index in [0.29, 0.717) is 11.1 Å². The van der Waals surface area contributed by atoms with Gasteiger partial charge in [-0.2, -0.15) is 0 Å². The molecule has 0 aliphatic heterocycles. The monoisotopic (exact) mass is 172 g/mol. The largest absolute Gasteiger partial charge is 0.481 e. The van der Waals surface area contributed by atoms with Crippen LogP contribution in [-0.2, 0) is 4.79 Å². The molecule has 0 heterocycles. The molecule has 0 atom stereocenters. The summed E-state index contributed by atoms with van der Waals surface area (Å²) in [6, 6.07) is 3.13. The van der Waals surface area contributed by atoms with Gasteiger partial charge >= 0.3 is 0 Å². The molecule has 2 aliphatic rings. The average Bonchev–Trinajstić information content (AvgIpc) is 1.84. The molecule has 0 saturated heterocycles. The van der Waals surface area contributed by atoms with Crippen LogP contribution in [0.5, 0.6) is 0 Å². The van der Waals surface area contributed by atoms with Crippen LogP contribution >= 0.6 is 0 Å². The Morgan fingerprint density at radius 3 is 1.58 bits per heavy atom.